The van der Waals surface area contributed by atoms with Gasteiger partial charge in [0.05, 0.1) is 6.04 Å². The molecule has 1 N–H and O–H groups in total. The Labute approximate surface area is 170 Å². The SMILES string of the molecule is O=C(NC1CCc2ccc(-c3ccc(Cl)cc3)cc21)O[C@H]1CN2CCC1CC2. The molecule has 1 aliphatic carbocycles. The van der Waals surface area contributed by atoms with Crippen LogP contribution in [-0.4, -0.2) is 36.7 Å². The van der Waals surface area contributed by atoms with Crippen molar-refractivity contribution in [3.8, 4) is 11.1 Å². The fraction of sp³-hybridized carbons (Fsp3) is 0.435. The molecule has 0 spiro atoms. The molecule has 3 aliphatic heterocycles. The first-order valence-electron chi connectivity index (χ1n) is 10.2. The van der Waals surface area contributed by atoms with Crippen LogP contribution in [0.5, 0.6) is 0 Å². The summed E-state index contributed by atoms with van der Waals surface area (Å²) >= 11 is 6.01. The van der Waals surface area contributed by atoms with Gasteiger partial charge in [0, 0.05) is 11.6 Å². The van der Waals surface area contributed by atoms with E-state index in [4.69, 9.17) is 16.3 Å². The summed E-state index contributed by atoms with van der Waals surface area (Å²) in [6.07, 6.45) is 3.98. The number of rotatable bonds is 3. The number of amides is 1. The highest BCUT2D eigenvalue weighted by Crippen LogP contribution is 2.35. The van der Waals surface area contributed by atoms with Crippen molar-refractivity contribution in [2.75, 3.05) is 19.6 Å². The minimum atomic E-state index is -0.270. The zero-order valence-electron chi connectivity index (χ0n) is 15.9. The smallest absolute Gasteiger partial charge is 0.407 e. The van der Waals surface area contributed by atoms with Gasteiger partial charge in [-0.15, -0.1) is 0 Å². The highest BCUT2D eigenvalue weighted by Gasteiger charge is 2.37. The van der Waals surface area contributed by atoms with Crippen LogP contribution in [0.4, 0.5) is 4.79 Å². The standard InChI is InChI=1S/C23H25ClN2O2/c24-19-6-3-15(4-7-19)18-2-1-16-5-8-21(20(16)13-18)25-23(27)28-22-14-26-11-9-17(22)10-12-26/h1-4,6-7,13,17,21-22H,5,8-12,14H2,(H,25,27)/t21?,22-/m0/s1. The zero-order chi connectivity index (χ0) is 19.1. The van der Waals surface area contributed by atoms with Crippen LogP contribution in [0.25, 0.3) is 11.1 Å². The van der Waals surface area contributed by atoms with E-state index in [1.807, 2.05) is 24.3 Å². The van der Waals surface area contributed by atoms with E-state index in [0.717, 1.165) is 61.5 Å². The molecule has 2 atom stereocenters. The second kappa shape index (κ2) is 7.41. The van der Waals surface area contributed by atoms with Crippen LogP contribution in [0.2, 0.25) is 5.02 Å². The van der Waals surface area contributed by atoms with E-state index in [0.29, 0.717) is 5.92 Å². The lowest BCUT2D eigenvalue weighted by molar-refractivity contribution is -0.0339. The van der Waals surface area contributed by atoms with Crippen LogP contribution in [0, 0.1) is 5.92 Å². The minimum absolute atomic E-state index is 0.0239. The third-order valence-corrected chi connectivity index (χ3v) is 6.80. The molecule has 3 fully saturated rings. The van der Waals surface area contributed by atoms with Gasteiger partial charge >= 0.3 is 6.09 Å². The Bertz CT molecular complexity index is 875. The van der Waals surface area contributed by atoms with Crippen molar-refractivity contribution >= 4 is 17.7 Å². The molecule has 3 saturated heterocycles. The molecule has 0 radical (unpaired) electrons. The predicted molar refractivity (Wildman–Crippen MR) is 111 cm³/mol. The summed E-state index contributed by atoms with van der Waals surface area (Å²) in [7, 11) is 0. The molecule has 2 bridgehead atoms. The van der Waals surface area contributed by atoms with Gasteiger partial charge in [0.15, 0.2) is 0 Å². The average molecular weight is 397 g/mol. The van der Waals surface area contributed by atoms with Crippen LogP contribution in [-0.2, 0) is 11.2 Å². The summed E-state index contributed by atoms with van der Waals surface area (Å²) in [5.41, 5.74) is 4.80. The number of alkyl carbamates (subject to hydrolysis) is 1. The molecule has 2 aromatic carbocycles. The lowest BCUT2D eigenvalue weighted by Gasteiger charge is -2.43. The van der Waals surface area contributed by atoms with Crippen molar-refractivity contribution in [1.82, 2.24) is 10.2 Å². The zero-order valence-corrected chi connectivity index (χ0v) is 16.6. The number of nitrogens with zero attached hydrogens (tertiary/aromatic N) is 1. The molecule has 1 unspecified atom stereocenters. The van der Waals surface area contributed by atoms with Gasteiger partial charge in [-0.2, -0.15) is 0 Å². The number of ether oxygens (including phenoxy) is 1. The Balaban J connectivity index is 1.28. The summed E-state index contributed by atoms with van der Waals surface area (Å²) in [5.74, 6) is 0.531. The molecule has 146 valence electrons. The quantitative estimate of drug-likeness (QED) is 0.809. The first-order chi connectivity index (χ1) is 13.7. The van der Waals surface area contributed by atoms with Gasteiger partial charge in [-0.1, -0.05) is 35.9 Å². The highest BCUT2D eigenvalue weighted by atomic mass is 35.5. The maximum atomic E-state index is 12.6. The highest BCUT2D eigenvalue weighted by molar-refractivity contribution is 6.30. The van der Waals surface area contributed by atoms with Crippen molar-refractivity contribution in [2.24, 2.45) is 5.92 Å². The molecular formula is C23H25ClN2O2. The van der Waals surface area contributed by atoms with E-state index in [2.05, 4.69) is 28.4 Å². The number of nitrogens with one attached hydrogen (secondary N) is 1. The van der Waals surface area contributed by atoms with Crippen molar-refractivity contribution in [3.05, 3.63) is 58.6 Å². The van der Waals surface area contributed by atoms with Crippen molar-refractivity contribution in [1.29, 1.82) is 0 Å². The molecule has 6 rings (SSSR count). The maximum Gasteiger partial charge on any atom is 0.407 e. The van der Waals surface area contributed by atoms with Crippen LogP contribution in [0.1, 0.15) is 36.4 Å². The fourth-order valence-electron chi connectivity index (χ4n) is 4.93. The number of carbonyl (C=O) groups is 1. The summed E-state index contributed by atoms with van der Waals surface area (Å²) < 4.78 is 5.82. The van der Waals surface area contributed by atoms with Crippen LogP contribution in [0.15, 0.2) is 42.5 Å². The molecule has 2 aromatic rings. The molecule has 0 aromatic heterocycles. The molecule has 28 heavy (non-hydrogen) atoms. The van der Waals surface area contributed by atoms with E-state index in [-0.39, 0.29) is 18.2 Å². The normalized spacial score (nSPS) is 28.0. The average Bonchev–Trinajstić information content (AvgIpc) is 3.11. The lowest BCUT2D eigenvalue weighted by Crippen LogP contribution is -2.52. The summed E-state index contributed by atoms with van der Waals surface area (Å²) in [4.78, 5) is 15.0. The topological polar surface area (TPSA) is 41.6 Å². The van der Waals surface area contributed by atoms with E-state index < -0.39 is 0 Å². The van der Waals surface area contributed by atoms with E-state index >= 15 is 0 Å². The number of benzene rings is 2. The number of hydrogen-bond acceptors (Lipinski definition) is 3. The Morgan fingerprint density at radius 2 is 1.79 bits per heavy atom. The number of carbonyl (C=O) groups excluding carboxylic acids is 1. The maximum absolute atomic E-state index is 12.6. The van der Waals surface area contributed by atoms with Gasteiger partial charge in [-0.25, -0.2) is 4.79 Å². The lowest BCUT2D eigenvalue weighted by atomic mass is 9.86. The molecule has 0 saturated carbocycles. The summed E-state index contributed by atoms with van der Waals surface area (Å²) in [6.45, 7) is 3.19. The van der Waals surface area contributed by atoms with E-state index in [1.54, 1.807) is 0 Å². The Kier molecular flexibility index (Phi) is 4.77. The van der Waals surface area contributed by atoms with E-state index in [1.165, 1.54) is 11.1 Å². The third kappa shape index (κ3) is 3.51. The van der Waals surface area contributed by atoms with Crippen molar-refractivity contribution in [3.63, 3.8) is 0 Å². The number of hydrogen-bond donors (Lipinski definition) is 1. The van der Waals surface area contributed by atoms with Gasteiger partial charge < -0.3 is 10.1 Å². The van der Waals surface area contributed by atoms with E-state index in [9.17, 15) is 4.79 Å². The number of fused-ring (bicyclic) bond motifs is 4. The first-order valence-corrected chi connectivity index (χ1v) is 10.6. The van der Waals surface area contributed by atoms with Crippen molar-refractivity contribution < 1.29 is 9.53 Å². The Morgan fingerprint density at radius 3 is 2.50 bits per heavy atom. The fourth-order valence-corrected chi connectivity index (χ4v) is 5.06. The molecule has 5 heteroatoms. The number of piperidine rings is 3. The second-order valence-electron chi connectivity index (χ2n) is 8.24. The van der Waals surface area contributed by atoms with Gasteiger partial charge in [0.1, 0.15) is 6.10 Å². The van der Waals surface area contributed by atoms with Crippen molar-refractivity contribution in [2.45, 2.75) is 37.8 Å². The number of halogens is 1. The van der Waals surface area contributed by atoms with Gasteiger partial charge in [-0.3, -0.25) is 4.90 Å². The molecule has 4 nitrogen and oxygen atoms in total. The Hall–Kier alpha value is -2.04. The first kappa shape index (κ1) is 18.0. The second-order valence-corrected chi connectivity index (χ2v) is 8.67. The number of aryl methyl sites for hydroxylation is 1. The minimum Gasteiger partial charge on any atom is -0.445 e. The van der Waals surface area contributed by atoms with Gasteiger partial charge in [-0.05, 0) is 85.1 Å². The van der Waals surface area contributed by atoms with Gasteiger partial charge in [0.25, 0.3) is 0 Å². The molecule has 4 aliphatic rings. The monoisotopic (exact) mass is 396 g/mol. The summed E-state index contributed by atoms with van der Waals surface area (Å²) in [5, 5.41) is 3.86. The molecule has 1 amide bonds. The molecule has 3 heterocycles. The van der Waals surface area contributed by atoms with Crippen LogP contribution < -0.4 is 5.32 Å². The largest absolute Gasteiger partial charge is 0.445 e. The Morgan fingerprint density at radius 1 is 1.04 bits per heavy atom. The summed E-state index contributed by atoms with van der Waals surface area (Å²) in [6, 6.07) is 14.4. The molecular weight excluding hydrogens is 372 g/mol. The van der Waals surface area contributed by atoms with Crippen LogP contribution >= 0.6 is 11.6 Å². The van der Waals surface area contributed by atoms with Crippen LogP contribution in [0.3, 0.4) is 0 Å². The van der Waals surface area contributed by atoms with Gasteiger partial charge in [0.2, 0.25) is 0 Å². The predicted octanol–water partition coefficient (Wildman–Crippen LogP) is 4.81. The third-order valence-electron chi connectivity index (χ3n) is 6.55.